The second-order valence-electron chi connectivity index (χ2n) is 5.60. The molecule has 0 saturated carbocycles. The van der Waals surface area contributed by atoms with Crippen LogP contribution in [0.5, 0.6) is 5.88 Å². The van der Waals surface area contributed by atoms with Crippen LogP contribution in [0.4, 0.5) is 0 Å². The number of thioether (sulfide) groups is 1. The number of carbonyl (C=O) groups excluding carboxylic acids is 1. The Bertz CT molecular complexity index is 433. The van der Waals surface area contributed by atoms with Crippen LogP contribution in [-0.4, -0.2) is 47.5 Å². The van der Waals surface area contributed by atoms with Crippen molar-refractivity contribution in [2.24, 2.45) is 11.8 Å². The molecule has 2 rings (SSSR count). The zero-order valence-corrected chi connectivity index (χ0v) is 13.6. The molecule has 0 N–H and O–H groups in total. The lowest BCUT2D eigenvalue weighted by atomic mass is 9.97. The fraction of sp³-hybridized carbons (Fsp3) is 0.625. The number of likely N-dealkylation sites (tertiary alicyclic amines) is 1. The van der Waals surface area contributed by atoms with Crippen molar-refractivity contribution in [3.63, 3.8) is 0 Å². The first kappa shape index (κ1) is 16.1. The topological polar surface area (TPSA) is 42.4 Å². The Kier molecular flexibility index (Phi) is 6.36. The molecule has 0 bridgehead atoms. The fourth-order valence-electron chi connectivity index (χ4n) is 2.59. The minimum Gasteiger partial charge on any atom is -0.477 e. The number of hydrogen-bond acceptors (Lipinski definition) is 4. The maximum Gasteiger partial charge on any atom is 0.226 e. The van der Waals surface area contributed by atoms with E-state index in [0.717, 1.165) is 31.7 Å². The number of aromatic nitrogens is 1. The molecule has 0 radical (unpaired) electrons. The van der Waals surface area contributed by atoms with Gasteiger partial charge in [-0.2, -0.15) is 11.8 Å². The quantitative estimate of drug-likeness (QED) is 0.810. The van der Waals surface area contributed by atoms with Crippen LogP contribution < -0.4 is 4.74 Å². The summed E-state index contributed by atoms with van der Waals surface area (Å²) in [6.07, 6.45) is 5.82. The molecule has 0 aliphatic carbocycles. The molecule has 1 saturated heterocycles. The standard InChI is InChI=1S/C16H24N2O2S/c1-13(12-21-2)16(19)18-9-6-14(7-10-18)11-20-15-5-3-4-8-17-15/h3-5,8,13-14H,6-7,9-12H2,1-2H3/t13-/m0/s1. The first-order valence-electron chi connectivity index (χ1n) is 7.52. The molecule has 1 aliphatic heterocycles. The van der Waals surface area contributed by atoms with Gasteiger partial charge in [-0.05, 0) is 31.1 Å². The number of amides is 1. The van der Waals surface area contributed by atoms with Gasteiger partial charge in [0.1, 0.15) is 0 Å². The van der Waals surface area contributed by atoms with E-state index in [-0.39, 0.29) is 5.92 Å². The average molecular weight is 308 g/mol. The Morgan fingerprint density at radius 1 is 1.48 bits per heavy atom. The highest BCUT2D eigenvalue weighted by Gasteiger charge is 2.26. The van der Waals surface area contributed by atoms with Crippen molar-refractivity contribution in [3.05, 3.63) is 24.4 Å². The number of ether oxygens (including phenoxy) is 1. The zero-order chi connectivity index (χ0) is 15.1. The molecule has 5 heteroatoms. The summed E-state index contributed by atoms with van der Waals surface area (Å²) in [5, 5.41) is 0. The van der Waals surface area contributed by atoms with Crippen molar-refractivity contribution in [1.82, 2.24) is 9.88 Å². The molecule has 1 fully saturated rings. The van der Waals surface area contributed by atoms with E-state index in [9.17, 15) is 4.79 Å². The number of carbonyl (C=O) groups is 1. The maximum atomic E-state index is 12.2. The van der Waals surface area contributed by atoms with E-state index < -0.39 is 0 Å². The van der Waals surface area contributed by atoms with Crippen LogP contribution >= 0.6 is 11.8 Å². The van der Waals surface area contributed by atoms with Crippen LogP contribution in [-0.2, 0) is 4.79 Å². The van der Waals surface area contributed by atoms with E-state index in [4.69, 9.17) is 4.74 Å². The second kappa shape index (κ2) is 8.27. The second-order valence-corrected chi connectivity index (χ2v) is 6.51. The number of nitrogens with zero attached hydrogens (tertiary/aromatic N) is 2. The van der Waals surface area contributed by atoms with Crippen molar-refractivity contribution in [2.45, 2.75) is 19.8 Å². The normalized spacial score (nSPS) is 17.5. The number of hydrogen-bond donors (Lipinski definition) is 0. The van der Waals surface area contributed by atoms with Gasteiger partial charge in [-0.1, -0.05) is 13.0 Å². The van der Waals surface area contributed by atoms with Gasteiger partial charge in [0.25, 0.3) is 0 Å². The van der Waals surface area contributed by atoms with E-state index in [2.05, 4.69) is 4.98 Å². The molecule has 1 aliphatic rings. The summed E-state index contributed by atoms with van der Waals surface area (Å²) in [7, 11) is 0. The van der Waals surface area contributed by atoms with Gasteiger partial charge in [0.15, 0.2) is 0 Å². The Morgan fingerprint density at radius 3 is 2.86 bits per heavy atom. The van der Waals surface area contributed by atoms with E-state index in [1.807, 2.05) is 36.3 Å². The summed E-state index contributed by atoms with van der Waals surface area (Å²) in [6.45, 7) is 4.43. The first-order valence-corrected chi connectivity index (χ1v) is 8.91. The number of piperidine rings is 1. The highest BCUT2D eigenvalue weighted by atomic mass is 32.2. The third-order valence-corrected chi connectivity index (χ3v) is 4.70. The zero-order valence-electron chi connectivity index (χ0n) is 12.8. The molecule has 2 heterocycles. The molecule has 0 spiro atoms. The van der Waals surface area contributed by atoms with E-state index in [1.165, 1.54) is 0 Å². The van der Waals surface area contributed by atoms with Gasteiger partial charge in [-0.15, -0.1) is 0 Å². The first-order chi connectivity index (χ1) is 10.2. The lowest BCUT2D eigenvalue weighted by Gasteiger charge is -2.33. The Balaban J connectivity index is 1.72. The highest BCUT2D eigenvalue weighted by molar-refractivity contribution is 7.98. The molecule has 4 nitrogen and oxygen atoms in total. The fourth-order valence-corrected chi connectivity index (χ4v) is 3.23. The summed E-state index contributed by atoms with van der Waals surface area (Å²) in [5.41, 5.74) is 0. The highest BCUT2D eigenvalue weighted by Crippen LogP contribution is 2.20. The van der Waals surface area contributed by atoms with Gasteiger partial charge < -0.3 is 9.64 Å². The van der Waals surface area contributed by atoms with Crippen LogP contribution in [0, 0.1) is 11.8 Å². The van der Waals surface area contributed by atoms with Crippen molar-refractivity contribution in [1.29, 1.82) is 0 Å². The Morgan fingerprint density at radius 2 is 2.24 bits per heavy atom. The molecule has 1 aromatic heterocycles. The molecule has 1 amide bonds. The minimum atomic E-state index is 0.126. The molecular weight excluding hydrogens is 284 g/mol. The van der Waals surface area contributed by atoms with Crippen LogP contribution in [0.2, 0.25) is 0 Å². The summed E-state index contributed by atoms with van der Waals surface area (Å²) >= 11 is 1.73. The van der Waals surface area contributed by atoms with Gasteiger partial charge in [0.05, 0.1) is 6.61 Å². The van der Waals surface area contributed by atoms with Crippen molar-refractivity contribution in [2.75, 3.05) is 31.7 Å². The number of pyridine rings is 1. The van der Waals surface area contributed by atoms with E-state index in [0.29, 0.717) is 24.3 Å². The van der Waals surface area contributed by atoms with Crippen LogP contribution in [0.25, 0.3) is 0 Å². The molecule has 1 atom stereocenters. The maximum absolute atomic E-state index is 12.2. The van der Waals surface area contributed by atoms with Crippen LogP contribution in [0.1, 0.15) is 19.8 Å². The number of rotatable bonds is 6. The summed E-state index contributed by atoms with van der Waals surface area (Å²) in [6, 6.07) is 5.69. The molecule has 1 aromatic rings. The lowest BCUT2D eigenvalue weighted by Crippen LogP contribution is -2.42. The van der Waals surface area contributed by atoms with Crippen molar-refractivity contribution >= 4 is 17.7 Å². The summed E-state index contributed by atoms with van der Waals surface area (Å²) in [4.78, 5) is 18.4. The van der Waals surface area contributed by atoms with Crippen LogP contribution in [0.15, 0.2) is 24.4 Å². The minimum absolute atomic E-state index is 0.126. The van der Waals surface area contributed by atoms with Crippen LogP contribution in [0.3, 0.4) is 0 Å². The molecular formula is C16H24N2O2S. The van der Waals surface area contributed by atoms with Gasteiger partial charge in [-0.3, -0.25) is 4.79 Å². The van der Waals surface area contributed by atoms with Gasteiger partial charge >= 0.3 is 0 Å². The predicted molar refractivity (Wildman–Crippen MR) is 86.6 cm³/mol. The largest absolute Gasteiger partial charge is 0.477 e. The van der Waals surface area contributed by atoms with Crippen molar-refractivity contribution in [3.8, 4) is 5.88 Å². The predicted octanol–water partition coefficient (Wildman–Crippen LogP) is 2.70. The summed E-state index contributed by atoms with van der Waals surface area (Å²) < 4.78 is 5.71. The SMILES string of the molecule is CSC[C@H](C)C(=O)N1CCC(COc2ccccn2)CC1. The van der Waals surface area contributed by atoms with Crippen molar-refractivity contribution < 1.29 is 9.53 Å². The summed E-state index contributed by atoms with van der Waals surface area (Å²) in [5.74, 6) is 2.54. The molecule has 21 heavy (non-hydrogen) atoms. The van der Waals surface area contributed by atoms with Gasteiger partial charge in [0, 0.05) is 37.0 Å². The van der Waals surface area contributed by atoms with E-state index in [1.54, 1.807) is 18.0 Å². The molecule has 0 aromatic carbocycles. The third-order valence-electron chi connectivity index (χ3n) is 3.87. The van der Waals surface area contributed by atoms with Gasteiger partial charge in [0.2, 0.25) is 11.8 Å². The van der Waals surface area contributed by atoms with Gasteiger partial charge in [-0.25, -0.2) is 4.98 Å². The van der Waals surface area contributed by atoms with E-state index >= 15 is 0 Å². The smallest absolute Gasteiger partial charge is 0.226 e. The lowest BCUT2D eigenvalue weighted by molar-refractivity contribution is -0.135. The average Bonchev–Trinajstić information content (AvgIpc) is 2.54. The molecule has 116 valence electrons. The molecule has 0 unspecified atom stereocenters. The monoisotopic (exact) mass is 308 g/mol. The Labute approximate surface area is 131 Å². The Hall–Kier alpha value is -1.23. The third kappa shape index (κ3) is 4.92.